The summed E-state index contributed by atoms with van der Waals surface area (Å²) in [6.45, 7) is 0.204. The molecule has 2 N–H and O–H groups in total. The van der Waals surface area contributed by atoms with Gasteiger partial charge in [-0.05, 0) is 18.9 Å². The second-order valence-electron chi connectivity index (χ2n) is 4.35. The maximum absolute atomic E-state index is 12.4. The van der Waals surface area contributed by atoms with Crippen molar-refractivity contribution >= 4 is 22.0 Å². The van der Waals surface area contributed by atoms with Gasteiger partial charge in [-0.3, -0.25) is 4.79 Å². The average Bonchev–Trinajstić information content (AvgIpc) is 3.06. The van der Waals surface area contributed by atoms with E-state index >= 15 is 0 Å². The number of H-pyrrole nitrogens is 1. The number of hydrogen-bond acceptors (Lipinski definition) is 5. The summed E-state index contributed by atoms with van der Waals surface area (Å²) in [4.78, 5) is 24.5. The minimum absolute atomic E-state index is 0.175. The highest BCUT2D eigenvalue weighted by molar-refractivity contribution is 7.89. The molecule has 9 heteroatoms. The van der Waals surface area contributed by atoms with E-state index in [-0.39, 0.29) is 17.1 Å². The molecule has 0 amide bonds. The number of aromatic carboxylic acids is 1. The maximum Gasteiger partial charge on any atom is 0.352 e. The van der Waals surface area contributed by atoms with Crippen LogP contribution in [-0.4, -0.2) is 54.4 Å². The van der Waals surface area contributed by atoms with E-state index in [1.807, 2.05) is 0 Å². The Hall–Kier alpha value is -1.87. The third-order valence-corrected chi connectivity index (χ3v) is 5.06. The van der Waals surface area contributed by atoms with Crippen LogP contribution in [0.25, 0.3) is 0 Å². The molecule has 1 aliphatic heterocycles. The smallest absolute Gasteiger partial charge is 0.352 e. The number of carbonyl (C=O) groups excluding carboxylic acids is 1. The topological polar surface area (TPSA) is 117 Å². The second-order valence-corrected chi connectivity index (χ2v) is 6.24. The third-order valence-electron chi connectivity index (χ3n) is 3.17. The Morgan fingerprint density at radius 1 is 1.50 bits per heavy atom. The molecule has 2 rings (SSSR count). The largest absolute Gasteiger partial charge is 0.477 e. The fraction of sp³-hybridized carbons (Fsp3) is 0.455. The maximum atomic E-state index is 12.4. The van der Waals surface area contributed by atoms with Crippen LogP contribution in [0, 0.1) is 0 Å². The van der Waals surface area contributed by atoms with E-state index in [0.717, 1.165) is 16.6 Å². The first kappa shape index (κ1) is 14.5. The van der Waals surface area contributed by atoms with Crippen molar-refractivity contribution in [1.29, 1.82) is 0 Å². The standard InChI is InChI=1S/C11H14N2O6S/c1-19-11(16)9-3-2-4-13(9)20(17,18)7-5-8(10(14)15)12-6-7/h5-6,9,12H,2-4H2,1H3,(H,14,15). The number of aromatic amines is 1. The van der Waals surface area contributed by atoms with Crippen LogP contribution in [0.1, 0.15) is 23.3 Å². The van der Waals surface area contributed by atoms with Crippen LogP contribution in [0.3, 0.4) is 0 Å². The van der Waals surface area contributed by atoms with Gasteiger partial charge in [0, 0.05) is 12.7 Å². The van der Waals surface area contributed by atoms with E-state index in [4.69, 9.17) is 5.11 Å². The summed E-state index contributed by atoms with van der Waals surface area (Å²) in [5.74, 6) is -1.86. The molecule has 1 atom stereocenters. The van der Waals surface area contributed by atoms with Crippen molar-refractivity contribution < 1.29 is 27.9 Å². The van der Waals surface area contributed by atoms with E-state index in [1.54, 1.807) is 0 Å². The minimum Gasteiger partial charge on any atom is -0.477 e. The first-order chi connectivity index (χ1) is 9.37. The number of aromatic nitrogens is 1. The molecule has 0 saturated carbocycles. The van der Waals surface area contributed by atoms with Gasteiger partial charge in [-0.25, -0.2) is 13.2 Å². The van der Waals surface area contributed by atoms with E-state index in [9.17, 15) is 18.0 Å². The number of carbonyl (C=O) groups is 2. The highest BCUT2D eigenvalue weighted by Crippen LogP contribution is 2.27. The summed E-state index contributed by atoms with van der Waals surface area (Å²) in [6, 6.07) is 0.179. The number of hydrogen-bond donors (Lipinski definition) is 2. The SMILES string of the molecule is COC(=O)C1CCCN1S(=O)(=O)c1c[nH]c(C(=O)O)c1. The summed E-state index contributed by atoms with van der Waals surface area (Å²) in [5, 5.41) is 8.79. The lowest BCUT2D eigenvalue weighted by Gasteiger charge is -2.21. The molecule has 0 radical (unpaired) electrons. The Kier molecular flexibility index (Phi) is 3.82. The van der Waals surface area contributed by atoms with Gasteiger partial charge >= 0.3 is 11.9 Å². The van der Waals surface area contributed by atoms with Gasteiger partial charge in [0.25, 0.3) is 0 Å². The van der Waals surface area contributed by atoms with Crippen LogP contribution in [0.5, 0.6) is 0 Å². The van der Waals surface area contributed by atoms with Crippen LogP contribution < -0.4 is 0 Å². The Morgan fingerprint density at radius 3 is 2.75 bits per heavy atom. The molecule has 1 saturated heterocycles. The van der Waals surface area contributed by atoms with Gasteiger partial charge in [0.1, 0.15) is 16.6 Å². The number of carboxylic acids is 1. The fourth-order valence-electron chi connectivity index (χ4n) is 2.18. The molecule has 1 unspecified atom stereocenters. The van der Waals surface area contributed by atoms with Crippen LogP contribution in [0.15, 0.2) is 17.2 Å². The minimum atomic E-state index is -3.92. The molecule has 1 aromatic rings. The zero-order chi connectivity index (χ0) is 14.9. The number of methoxy groups -OCH3 is 1. The van der Waals surface area contributed by atoms with E-state index in [1.165, 1.54) is 7.11 Å². The molecule has 0 aliphatic carbocycles. The molecule has 1 aromatic heterocycles. The van der Waals surface area contributed by atoms with Gasteiger partial charge in [0.15, 0.2) is 0 Å². The number of esters is 1. The Balaban J connectivity index is 2.33. The van der Waals surface area contributed by atoms with Gasteiger partial charge in [-0.15, -0.1) is 0 Å². The molecule has 8 nitrogen and oxygen atoms in total. The lowest BCUT2D eigenvalue weighted by Crippen LogP contribution is -2.40. The third kappa shape index (κ3) is 2.41. The Bertz CT molecular complexity index is 635. The molecule has 1 aliphatic rings. The summed E-state index contributed by atoms with van der Waals surface area (Å²) in [6.07, 6.45) is 2.04. The highest BCUT2D eigenvalue weighted by atomic mass is 32.2. The van der Waals surface area contributed by atoms with Crippen molar-refractivity contribution in [1.82, 2.24) is 9.29 Å². The molecular weight excluding hydrogens is 288 g/mol. The van der Waals surface area contributed by atoms with Crippen molar-refractivity contribution in [2.24, 2.45) is 0 Å². The predicted molar refractivity (Wildman–Crippen MR) is 66.7 cm³/mol. The summed E-state index contributed by atoms with van der Waals surface area (Å²) >= 11 is 0. The number of ether oxygens (including phenoxy) is 1. The second kappa shape index (κ2) is 5.25. The molecule has 20 heavy (non-hydrogen) atoms. The average molecular weight is 302 g/mol. The zero-order valence-corrected chi connectivity index (χ0v) is 11.5. The number of carboxylic acid groups (broad SMARTS) is 1. The van der Waals surface area contributed by atoms with E-state index in [0.29, 0.717) is 12.8 Å². The summed E-state index contributed by atoms with van der Waals surface area (Å²) < 4.78 is 30.5. The molecular formula is C11H14N2O6S. The zero-order valence-electron chi connectivity index (χ0n) is 10.7. The normalized spacial score (nSPS) is 19.9. The van der Waals surface area contributed by atoms with Crippen LogP contribution in [0.2, 0.25) is 0 Å². The first-order valence-corrected chi connectivity index (χ1v) is 7.33. The quantitative estimate of drug-likeness (QED) is 0.758. The van der Waals surface area contributed by atoms with Crippen molar-refractivity contribution in [3.05, 3.63) is 18.0 Å². The summed E-state index contributed by atoms with van der Waals surface area (Å²) in [5.41, 5.74) is -0.225. The molecule has 0 spiro atoms. The van der Waals surface area contributed by atoms with Crippen LogP contribution in [-0.2, 0) is 19.6 Å². The van der Waals surface area contributed by atoms with E-state index in [2.05, 4.69) is 9.72 Å². The van der Waals surface area contributed by atoms with Crippen molar-refractivity contribution in [2.45, 2.75) is 23.8 Å². The Labute approximate surface area is 115 Å². The first-order valence-electron chi connectivity index (χ1n) is 5.89. The van der Waals surface area contributed by atoms with Crippen molar-refractivity contribution in [3.63, 3.8) is 0 Å². The monoisotopic (exact) mass is 302 g/mol. The van der Waals surface area contributed by atoms with Gasteiger partial charge in [0.2, 0.25) is 10.0 Å². The summed E-state index contributed by atoms with van der Waals surface area (Å²) in [7, 11) is -2.72. The molecule has 1 fully saturated rings. The van der Waals surface area contributed by atoms with Crippen LogP contribution >= 0.6 is 0 Å². The van der Waals surface area contributed by atoms with Crippen LogP contribution in [0.4, 0.5) is 0 Å². The van der Waals surface area contributed by atoms with Gasteiger partial charge < -0.3 is 14.8 Å². The predicted octanol–water partition coefficient (Wildman–Crippen LogP) is 0.0390. The van der Waals surface area contributed by atoms with Crippen molar-refractivity contribution in [2.75, 3.05) is 13.7 Å². The lowest BCUT2D eigenvalue weighted by atomic mass is 10.2. The molecule has 110 valence electrons. The van der Waals surface area contributed by atoms with Gasteiger partial charge in [-0.2, -0.15) is 4.31 Å². The van der Waals surface area contributed by atoms with Crippen molar-refractivity contribution in [3.8, 4) is 0 Å². The van der Waals surface area contributed by atoms with Gasteiger partial charge in [-0.1, -0.05) is 0 Å². The van der Waals surface area contributed by atoms with E-state index < -0.39 is 28.0 Å². The number of nitrogens with one attached hydrogen (secondary N) is 1. The Morgan fingerprint density at radius 2 is 2.20 bits per heavy atom. The lowest BCUT2D eigenvalue weighted by molar-refractivity contribution is -0.144. The molecule has 0 bridgehead atoms. The fourth-order valence-corrected chi connectivity index (χ4v) is 3.82. The number of rotatable bonds is 4. The number of sulfonamides is 1. The molecule has 2 heterocycles. The number of nitrogens with zero attached hydrogens (tertiary/aromatic N) is 1. The molecule has 0 aromatic carbocycles. The van der Waals surface area contributed by atoms with Gasteiger partial charge in [0.05, 0.1) is 7.11 Å². The highest BCUT2D eigenvalue weighted by Gasteiger charge is 2.40.